The number of benzene rings is 1. The van der Waals surface area contributed by atoms with Crippen LogP contribution in [-0.2, 0) is 16.0 Å². The number of hydrogen-bond donors (Lipinski definition) is 3. The minimum Gasteiger partial charge on any atom is -0.484 e. The van der Waals surface area contributed by atoms with Gasteiger partial charge in [-0.25, -0.2) is 0 Å². The number of ether oxygens (including phenoxy) is 1. The Balaban J connectivity index is 1.32. The van der Waals surface area contributed by atoms with Gasteiger partial charge in [-0.15, -0.1) is 0 Å². The van der Waals surface area contributed by atoms with Gasteiger partial charge in [0.25, 0.3) is 5.91 Å². The van der Waals surface area contributed by atoms with Crippen molar-refractivity contribution in [3.63, 3.8) is 0 Å². The van der Waals surface area contributed by atoms with Crippen molar-refractivity contribution in [2.24, 2.45) is 11.7 Å². The molecule has 2 aliphatic rings. The lowest BCUT2D eigenvalue weighted by atomic mass is 10.00. The summed E-state index contributed by atoms with van der Waals surface area (Å²) >= 11 is 0. The van der Waals surface area contributed by atoms with E-state index >= 15 is 0 Å². The van der Waals surface area contributed by atoms with Gasteiger partial charge in [0, 0.05) is 25.0 Å². The van der Waals surface area contributed by atoms with E-state index in [0.717, 1.165) is 44.1 Å². The van der Waals surface area contributed by atoms with Gasteiger partial charge in [0.15, 0.2) is 6.61 Å². The molecule has 0 aromatic heterocycles. The van der Waals surface area contributed by atoms with Crippen LogP contribution in [0.2, 0.25) is 0 Å². The van der Waals surface area contributed by atoms with E-state index in [1.807, 2.05) is 24.3 Å². The topological polar surface area (TPSA) is 93.5 Å². The number of amides is 2. The number of nitrogens with two attached hydrogens (primary N) is 1. The molecule has 1 aromatic carbocycles. The fourth-order valence-corrected chi connectivity index (χ4v) is 3.37. The lowest BCUT2D eigenvalue weighted by Crippen LogP contribution is -2.32. The first-order valence-electron chi connectivity index (χ1n) is 9.63. The van der Waals surface area contributed by atoms with E-state index in [9.17, 15) is 9.59 Å². The normalized spacial score (nSPS) is 22.0. The quantitative estimate of drug-likeness (QED) is 0.623. The van der Waals surface area contributed by atoms with E-state index in [2.05, 4.69) is 10.6 Å². The van der Waals surface area contributed by atoms with E-state index < -0.39 is 0 Å². The molecular formula is C20H29N3O3. The highest BCUT2D eigenvalue weighted by Gasteiger charge is 2.25. The highest BCUT2D eigenvalue weighted by Crippen LogP contribution is 2.26. The molecule has 6 heteroatoms. The predicted molar refractivity (Wildman–Crippen MR) is 99.7 cm³/mol. The first-order valence-corrected chi connectivity index (χ1v) is 9.63. The molecule has 4 N–H and O–H groups in total. The van der Waals surface area contributed by atoms with E-state index in [0.29, 0.717) is 30.7 Å². The Morgan fingerprint density at radius 3 is 2.50 bits per heavy atom. The Hall–Kier alpha value is -2.08. The smallest absolute Gasteiger partial charge is 0.258 e. The highest BCUT2D eigenvalue weighted by atomic mass is 16.5. The van der Waals surface area contributed by atoms with Crippen LogP contribution in [0, 0.1) is 5.92 Å². The molecule has 0 radical (unpaired) electrons. The third-order valence-corrected chi connectivity index (χ3v) is 5.14. The molecule has 142 valence electrons. The Bertz CT molecular complexity index is 613. The van der Waals surface area contributed by atoms with Gasteiger partial charge in [-0.3, -0.25) is 9.59 Å². The fraction of sp³-hybridized carbons (Fsp3) is 0.600. The molecule has 0 bridgehead atoms. The van der Waals surface area contributed by atoms with Crippen LogP contribution in [0.4, 0.5) is 0 Å². The molecule has 3 rings (SSSR count). The molecule has 2 aliphatic carbocycles. The van der Waals surface area contributed by atoms with Gasteiger partial charge in [0.05, 0.1) is 0 Å². The van der Waals surface area contributed by atoms with Crippen molar-refractivity contribution in [1.82, 2.24) is 10.6 Å². The van der Waals surface area contributed by atoms with Gasteiger partial charge in [-0.2, -0.15) is 0 Å². The van der Waals surface area contributed by atoms with Gasteiger partial charge in [0.2, 0.25) is 5.91 Å². The van der Waals surface area contributed by atoms with Crippen molar-refractivity contribution >= 4 is 11.8 Å². The summed E-state index contributed by atoms with van der Waals surface area (Å²) in [6.07, 6.45) is 6.69. The van der Waals surface area contributed by atoms with Crippen LogP contribution in [0.1, 0.15) is 44.1 Å². The van der Waals surface area contributed by atoms with Crippen molar-refractivity contribution in [3.8, 4) is 5.75 Å². The zero-order chi connectivity index (χ0) is 18.4. The van der Waals surface area contributed by atoms with E-state index in [4.69, 9.17) is 10.5 Å². The third-order valence-electron chi connectivity index (χ3n) is 5.14. The molecule has 2 fully saturated rings. The van der Waals surface area contributed by atoms with Gasteiger partial charge in [0.1, 0.15) is 5.75 Å². The second-order valence-electron chi connectivity index (χ2n) is 7.43. The van der Waals surface area contributed by atoms with Gasteiger partial charge >= 0.3 is 0 Å². The number of nitrogens with one attached hydrogen (secondary N) is 2. The molecule has 2 amide bonds. The molecule has 0 unspecified atom stereocenters. The van der Waals surface area contributed by atoms with Crippen molar-refractivity contribution in [3.05, 3.63) is 29.8 Å². The molecular weight excluding hydrogens is 330 g/mol. The maximum absolute atomic E-state index is 12.0. The molecule has 2 saturated carbocycles. The molecule has 0 saturated heterocycles. The summed E-state index contributed by atoms with van der Waals surface area (Å²) in [4.78, 5) is 23.6. The Morgan fingerprint density at radius 2 is 1.85 bits per heavy atom. The molecule has 0 aliphatic heterocycles. The molecule has 6 nitrogen and oxygen atoms in total. The van der Waals surface area contributed by atoms with Crippen LogP contribution in [0.5, 0.6) is 5.75 Å². The number of hydrogen-bond acceptors (Lipinski definition) is 4. The van der Waals surface area contributed by atoms with E-state index in [-0.39, 0.29) is 24.5 Å². The maximum atomic E-state index is 12.0. The number of rotatable bonds is 9. The van der Waals surface area contributed by atoms with Crippen LogP contribution in [0.15, 0.2) is 24.3 Å². The lowest BCUT2D eigenvalue weighted by Gasteiger charge is -2.14. The minimum atomic E-state index is -0.0683. The zero-order valence-electron chi connectivity index (χ0n) is 15.2. The largest absolute Gasteiger partial charge is 0.484 e. The summed E-state index contributed by atoms with van der Waals surface area (Å²) in [5.41, 5.74) is 7.14. The van der Waals surface area contributed by atoms with Crippen LogP contribution >= 0.6 is 0 Å². The lowest BCUT2D eigenvalue weighted by molar-refractivity contribution is -0.123. The Kier molecular flexibility index (Phi) is 6.50. The fourth-order valence-electron chi connectivity index (χ4n) is 3.37. The minimum absolute atomic E-state index is 0.0508. The van der Waals surface area contributed by atoms with Gasteiger partial charge in [-0.05, 0) is 55.7 Å². The standard InChI is InChI=1S/C20H29N3O3/c21-18-3-1-2-15(18)12-19(24)22-11-10-14-4-8-17(9-5-14)26-13-20(25)23-16-6-7-16/h4-5,8-9,15-16,18H,1-3,6-7,10-13,21H2,(H,22,24)(H,23,25)/t15-,18+/m0/s1. The first-order chi connectivity index (χ1) is 12.6. The Morgan fingerprint density at radius 1 is 1.08 bits per heavy atom. The average molecular weight is 359 g/mol. The van der Waals surface area contributed by atoms with E-state index in [1.165, 1.54) is 0 Å². The van der Waals surface area contributed by atoms with Crippen molar-refractivity contribution in [2.45, 2.75) is 57.0 Å². The number of carbonyl (C=O) groups excluding carboxylic acids is 2. The van der Waals surface area contributed by atoms with Gasteiger partial charge < -0.3 is 21.1 Å². The second kappa shape index (κ2) is 9.03. The SMILES string of the molecule is N[C@@H]1CCC[C@H]1CC(=O)NCCc1ccc(OCC(=O)NC2CC2)cc1. The predicted octanol–water partition coefficient (Wildman–Crippen LogP) is 1.52. The summed E-state index contributed by atoms with van der Waals surface area (Å²) in [7, 11) is 0. The molecule has 1 aromatic rings. The molecule has 0 heterocycles. The monoisotopic (exact) mass is 359 g/mol. The molecule has 0 spiro atoms. The van der Waals surface area contributed by atoms with Crippen LogP contribution < -0.4 is 21.1 Å². The third kappa shape index (κ3) is 6.02. The summed E-state index contributed by atoms with van der Waals surface area (Å²) in [6, 6.07) is 8.19. The van der Waals surface area contributed by atoms with E-state index in [1.54, 1.807) is 0 Å². The summed E-state index contributed by atoms with van der Waals surface area (Å²) in [6.45, 7) is 0.667. The zero-order valence-corrected chi connectivity index (χ0v) is 15.2. The summed E-state index contributed by atoms with van der Waals surface area (Å²) < 4.78 is 5.48. The van der Waals surface area contributed by atoms with Crippen molar-refractivity contribution in [1.29, 1.82) is 0 Å². The summed E-state index contributed by atoms with van der Waals surface area (Å²) in [5.74, 6) is 1.04. The summed E-state index contributed by atoms with van der Waals surface area (Å²) in [5, 5.41) is 5.87. The second-order valence-corrected chi connectivity index (χ2v) is 7.43. The first kappa shape index (κ1) is 18.7. The van der Waals surface area contributed by atoms with Crippen LogP contribution in [0.3, 0.4) is 0 Å². The van der Waals surface area contributed by atoms with Crippen molar-refractivity contribution < 1.29 is 14.3 Å². The average Bonchev–Trinajstić information content (AvgIpc) is 3.35. The molecule has 26 heavy (non-hydrogen) atoms. The van der Waals surface area contributed by atoms with Crippen molar-refractivity contribution in [2.75, 3.05) is 13.2 Å². The van der Waals surface area contributed by atoms with Crippen LogP contribution in [0.25, 0.3) is 0 Å². The number of carbonyl (C=O) groups is 2. The van der Waals surface area contributed by atoms with Crippen LogP contribution in [-0.4, -0.2) is 37.0 Å². The van der Waals surface area contributed by atoms with Gasteiger partial charge in [-0.1, -0.05) is 18.6 Å². The Labute approximate surface area is 154 Å². The molecule has 2 atom stereocenters. The highest BCUT2D eigenvalue weighted by molar-refractivity contribution is 5.78. The maximum Gasteiger partial charge on any atom is 0.258 e.